The van der Waals surface area contributed by atoms with Gasteiger partial charge in [0.1, 0.15) is 0 Å². The highest BCUT2D eigenvalue weighted by Crippen LogP contribution is 2.17. The van der Waals surface area contributed by atoms with Gasteiger partial charge in [0.25, 0.3) is 0 Å². The molecule has 1 saturated heterocycles. The van der Waals surface area contributed by atoms with E-state index in [9.17, 15) is 16.8 Å². The van der Waals surface area contributed by atoms with Gasteiger partial charge in [0, 0.05) is 24.6 Å². The summed E-state index contributed by atoms with van der Waals surface area (Å²) in [7, 11) is -7.40. The fourth-order valence-corrected chi connectivity index (χ4v) is 5.36. The molecule has 1 aromatic heterocycles. The van der Waals surface area contributed by atoms with Gasteiger partial charge in [-0.25, -0.2) is 26.3 Å². The summed E-state index contributed by atoms with van der Waals surface area (Å²) in [5.74, 6) is 0. The van der Waals surface area contributed by atoms with Gasteiger partial charge in [-0.05, 0) is 48.6 Å². The van der Waals surface area contributed by atoms with Crippen LogP contribution < -0.4 is 9.44 Å². The molecule has 1 unspecified atom stereocenters. The molecular formula is C16H20N2O5S3. The molecule has 0 amide bonds. The molecule has 0 saturated carbocycles. The van der Waals surface area contributed by atoms with E-state index in [0.717, 1.165) is 17.7 Å². The molecular weight excluding hydrogens is 396 g/mol. The van der Waals surface area contributed by atoms with Crippen molar-refractivity contribution in [2.75, 3.05) is 13.2 Å². The predicted octanol–water partition coefficient (Wildman–Crippen LogP) is 1.68. The van der Waals surface area contributed by atoms with E-state index >= 15 is 0 Å². The maximum absolute atomic E-state index is 12.3. The van der Waals surface area contributed by atoms with Crippen LogP contribution >= 0.6 is 11.3 Å². The second-order valence-corrected chi connectivity index (χ2v) is 10.4. The van der Waals surface area contributed by atoms with Crippen LogP contribution in [0.2, 0.25) is 0 Å². The number of nitrogens with one attached hydrogen (secondary N) is 2. The number of thiophene rings is 1. The fraction of sp³-hybridized carbons (Fsp3) is 0.375. The highest BCUT2D eigenvalue weighted by Gasteiger charge is 2.21. The summed E-state index contributed by atoms with van der Waals surface area (Å²) in [5.41, 5.74) is 0. The molecule has 26 heavy (non-hydrogen) atoms. The standard InChI is InChI=1S/C16H20N2O5S3/c19-25(20,17-11-13-3-1-9-23-13)15-5-7-16(8-6-15)26(21,22)18-12-14-4-2-10-24-14/h2,4-8,10,13,17-18H,1,3,9,11-12H2. The normalized spacial score (nSPS) is 18.2. The summed E-state index contributed by atoms with van der Waals surface area (Å²) in [5, 5.41) is 1.87. The van der Waals surface area contributed by atoms with Gasteiger partial charge in [-0.3, -0.25) is 0 Å². The van der Waals surface area contributed by atoms with Crippen LogP contribution in [-0.4, -0.2) is 36.1 Å². The highest BCUT2D eigenvalue weighted by atomic mass is 32.2. The smallest absolute Gasteiger partial charge is 0.240 e. The lowest BCUT2D eigenvalue weighted by molar-refractivity contribution is 0.114. The van der Waals surface area contributed by atoms with Crippen molar-refractivity contribution >= 4 is 31.4 Å². The fourth-order valence-electron chi connectivity index (χ4n) is 2.55. The molecule has 2 aromatic rings. The molecule has 7 nitrogen and oxygen atoms in total. The minimum atomic E-state index is -3.70. The third-order valence-corrected chi connectivity index (χ3v) is 7.72. The zero-order valence-corrected chi connectivity index (χ0v) is 16.4. The monoisotopic (exact) mass is 416 g/mol. The second kappa shape index (κ2) is 8.15. The molecule has 1 fully saturated rings. The van der Waals surface area contributed by atoms with Gasteiger partial charge >= 0.3 is 0 Å². The van der Waals surface area contributed by atoms with Crippen LogP contribution in [0.25, 0.3) is 0 Å². The van der Waals surface area contributed by atoms with Crippen molar-refractivity contribution in [1.29, 1.82) is 0 Å². The van der Waals surface area contributed by atoms with Crippen LogP contribution in [0.15, 0.2) is 51.6 Å². The number of sulfonamides is 2. The van der Waals surface area contributed by atoms with Crippen molar-refractivity contribution in [1.82, 2.24) is 9.44 Å². The lowest BCUT2D eigenvalue weighted by Gasteiger charge is -2.12. The number of hydrogen-bond donors (Lipinski definition) is 2. The molecule has 0 radical (unpaired) electrons. The average molecular weight is 417 g/mol. The SMILES string of the molecule is O=S(=O)(NCc1cccs1)c1ccc(S(=O)(=O)NCC2CCCO2)cc1. The lowest BCUT2D eigenvalue weighted by atomic mass is 10.2. The van der Waals surface area contributed by atoms with Crippen molar-refractivity contribution in [2.24, 2.45) is 0 Å². The molecule has 2 heterocycles. The third-order valence-electron chi connectivity index (χ3n) is 3.99. The molecule has 1 aliphatic rings. The Labute approximate surface area is 157 Å². The van der Waals surface area contributed by atoms with Crippen LogP contribution in [0, 0.1) is 0 Å². The van der Waals surface area contributed by atoms with Gasteiger partial charge in [-0.2, -0.15) is 0 Å². The van der Waals surface area contributed by atoms with Gasteiger partial charge in [-0.1, -0.05) is 6.07 Å². The van der Waals surface area contributed by atoms with Crippen molar-refractivity contribution in [3.8, 4) is 0 Å². The molecule has 0 bridgehead atoms. The van der Waals surface area contributed by atoms with Crippen LogP contribution in [0.3, 0.4) is 0 Å². The predicted molar refractivity (Wildman–Crippen MR) is 98.9 cm³/mol. The van der Waals surface area contributed by atoms with Crippen LogP contribution in [-0.2, 0) is 31.3 Å². The van der Waals surface area contributed by atoms with E-state index in [4.69, 9.17) is 4.74 Å². The number of rotatable bonds is 8. The van der Waals surface area contributed by atoms with Crippen molar-refractivity contribution < 1.29 is 21.6 Å². The van der Waals surface area contributed by atoms with E-state index in [2.05, 4.69) is 9.44 Å². The molecule has 3 rings (SSSR count). The zero-order chi connectivity index (χ0) is 18.6. The van der Waals surface area contributed by atoms with E-state index in [1.165, 1.54) is 35.6 Å². The van der Waals surface area contributed by atoms with Crippen molar-refractivity contribution in [3.63, 3.8) is 0 Å². The van der Waals surface area contributed by atoms with Crippen LogP contribution in [0.1, 0.15) is 17.7 Å². The van der Waals surface area contributed by atoms with E-state index in [-0.39, 0.29) is 29.0 Å². The van der Waals surface area contributed by atoms with E-state index < -0.39 is 20.0 Å². The first-order valence-corrected chi connectivity index (χ1v) is 11.9. The van der Waals surface area contributed by atoms with E-state index in [1.807, 2.05) is 17.5 Å². The van der Waals surface area contributed by atoms with E-state index in [0.29, 0.717) is 6.61 Å². The number of ether oxygens (including phenoxy) is 1. The topological polar surface area (TPSA) is 102 Å². The minimum absolute atomic E-state index is 0.0205. The molecule has 10 heteroatoms. The van der Waals surface area contributed by atoms with E-state index in [1.54, 1.807) is 0 Å². The Morgan fingerprint density at radius 2 is 1.65 bits per heavy atom. The maximum Gasteiger partial charge on any atom is 0.240 e. The lowest BCUT2D eigenvalue weighted by Crippen LogP contribution is -2.31. The van der Waals surface area contributed by atoms with Gasteiger partial charge in [0.2, 0.25) is 20.0 Å². The van der Waals surface area contributed by atoms with Crippen molar-refractivity contribution in [2.45, 2.75) is 35.3 Å². The van der Waals surface area contributed by atoms with Gasteiger partial charge < -0.3 is 4.74 Å². The Hall–Kier alpha value is -1.30. The Kier molecular flexibility index (Phi) is 6.10. The number of hydrogen-bond acceptors (Lipinski definition) is 6. The molecule has 1 aromatic carbocycles. The van der Waals surface area contributed by atoms with Gasteiger partial charge in [0.05, 0.1) is 15.9 Å². The third kappa shape index (κ3) is 4.90. The largest absolute Gasteiger partial charge is 0.377 e. The Morgan fingerprint density at radius 1 is 1.00 bits per heavy atom. The summed E-state index contributed by atoms with van der Waals surface area (Å²) in [6.45, 7) is 1.06. The Bertz CT molecular complexity index is 917. The molecule has 0 aliphatic carbocycles. The second-order valence-electron chi connectivity index (χ2n) is 5.86. The Balaban J connectivity index is 1.64. The number of benzene rings is 1. The van der Waals surface area contributed by atoms with Gasteiger partial charge in [-0.15, -0.1) is 11.3 Å². The molecule has 1 aliphatic heterocycles. The molecule has 2 N–H and O–H groups in total. The zero-order valence-electron chi connectivity index (χ0n) is 13.9. The highest BCUT2D eigenvalue weighted by molar-refractivity contribution is 7.90. The van der Waals surface area contributed by atoms with Crippen LogP contribution in [0.4, 0.5) is 0 Å². The summed E-state index contributed by atoms with van der Waals surface area (Å²) >= 11 is 1.46. The molecule has 1 atom stereocenters. The summed E-state index contributed by atoms with van der Waals surface area (Å²) < 4.78 is 59.6. The first-order valence-electron chi connectivity index (χ1n) is 8.10. The molecule has 142 valence electrons. The minimum Gasteiger partial charge on any atom is -0.377 e. The van der Waals surface area contributed by atoms with Crippen LogP contribution in [0.5, 0.6) is 0 Å². The Morgan fingerprint density at radius 3 is 2.19 bits per heavy atom. The summed E-state index contributed by atoms with van der Waals surface area (Å²) in [6.07, 6.45) is 1.65. The summed E-state index contributed by atoms with van der Waals surface area (Å²) in [6, 6.07) is 8.84. The first kappa shape index (κ1) is 19.5. The quantitative estimate of drug-likeness (QED) is 0.682. The maximum atomic E-state index is 12.3. The first-order chi connectivity index (χ1) is 12.4. The average Bonchev–Trinajstić information content (AvgIpc) is 3.32. The summed E-state index contributed by atoms with van der Waals surface area (Å²) in [4.78, 5) is 0.936. The van der Waals surface area contributed by atoms with Crippen molar-refractivity contribution in [3.05, 3.63) is 46.7 Å². The van der Waals surface area contributed by atoms with Gasteiger partial charge in [0.15, 0.2) is 0 Å². The molecule has 0 spiro atoms.